The van der Waals surface area contributed by atoms with Gasteiger partial charge in [0, 0.05) is 5.69 Å². The van der Waals surface area contributed by atoms with Gasteiger partial charge in [-0.3, -0.25) is 9.10 Å². The van der Waals surface area contributed by atoms with Crippen LogP contribution in [0.2, 0.25) is 0 Å². The Morgan fingerprint density at radius 2 is 1.65 bits per heavy atom. The van der Waals surface area contributed by atoms with E-state index in [1.165, 1.54) is 0 Å². The number of sulfonamides is 1. The van der Waals surface area contributed by atoms with Gasteiger partial charge in [-0.25, -0.2) is 13.2 Å². The van der Waals surface area contributed by atoms with Crippen molar-refractivity contribution in [1.82, 2.24) is 0 Å². The van der Waals surface area contributed by atoms with Crippen molar-refractivity contribution in [3.63, 3.8) is 0 Å². The molecule has 31 heavy (non-hydrogen) atoms. The SMILES string of the molecule is CCCCOC(=O)c1ccc(NC(=O)[C@H](CC)N(c2ccc(C)cc2)S(C)(=O)=O)cc1. The summed E-state index contributed by atoms with van der Waals surface area (Å²) in [5.74, 6) is -0.868. The fourth-order valence-electron chi connectivity index (χ4n) is 3.06. The van der Waals surface area contributed by atoms with E-state index in [9.17, 15) is 18.0 Å². The molecule has 1 amide bonds. The molecule has 0 heterocycles. The summed E-state index contributed by atoms with van der Waals surface area (Å²) in [5.41, 5.74) is 2.27. The zero-order valence-electron chi connectivity index (χ0n) is 18.4. The Balaban J connectivity index is 2.17. The first-order valence-corrected chi connectivity index (χ1v) is 12.2. The monoisotopic (exact) mass is 446 g/mol. The second-order valence-electron chi connectivity index (χ2n) is 7.37. The predicted octanol–water partition coefficient (Wildman–Crippen LogP) is 4.14. The average Bonchev–Trinajstić information content (AvgIpc) is 2.72. The van der Waals surface area contributed by atoms with Crippen LogP contribution in [0.4, 0.5) is 11.4 Å². The number of carbonyl (C=O) groups is 2. The molecule has 0 fully saturated rings. The molecule has 0 saturated heterocycles. The quantitative estimate of drug-likeness (QED) is 0.437. The van der Waals surface area contributed by atoms with E-state index in [-0.39, 0.29) is 6.42 Å². The van der Waals surface area contributed by atoms with Crippen molar-refractivity contribution in [2.45, 2.75) is 46.1 Å². The van der Waals surface area contributed by atoms with Crippen LogP contribution < -0.4 is 9.62 Å². The molecule has 168 valence electrons. The van der Waals surface area contributed by atoms with E-state index < -0.39 is 27.9 Å². The van der Waals surface area contributed by atoms with Gasteiger partial charge in [0.2, 0.25) is 15.9 Å². The number of nitrogens with one attached hydrogen (secondary N) is 1. The van der Waals surface area contributed by atoms with Crippen molar-refractivity contribution in [3.8, 4) is 0 Å². The smallest absolute Gasteiger partial charge is 0.338 e. The van der Waals surface area contributed by atoms with E-state index in [2.05, 4.69) is 5.32 Å². The zero-order chi connectivity index (χ0) is 23.0. The lowest BCUT2D eigenvalue weighted by atomic mass is 10.1. The molecule has 0 aromatic heterocycles. The van der Waals surface area contributed by atoms with Crippen LogP contribution in [0.25, 0.3) is 0 Å². The van der Waals surface area contributed by atoms with Crippen LogP contribution in [0, 0.1) is 6.92 Å². The number of unbranched alkanes of at least 4 members (excludes halogenated alkanes) is 1. The number of ether oxygens (including phenoxy) is 1. The molecule has 0 spiro atoms. The van der Waals surface area contributed by atoms with Gasteiger partial charge in [-0.2, -0.15) is 0 Å². The zero-order valence-corrected chi connectivity index (χ0v) is 19.2. The van der Waals surface area contributed by atoms with Gasteiger partial charge in [0.05, 0.1) is 24.1 Å². The maximum atomic E-state index is 13.0. The maximum absolute atomic E-state index is 13.0. The van der Waals surface area contributed by atoms with E-state index in [0.717, 1.165) is 29.0 Å². The molecule has 2 aromatic carbocycles. The molecule has 2 rings (SSSR count). The Hall–Kier alpha value is -2.87. The Morgan fingerprint density at radius 3 is 2.16 bits per heavy atom. The highest BCUT2D eigenvalue weighted by Gasteiger charge is 2.31. The first kappa shape index (κ1) is 24.4. The number of benzene rings is 2. The number of hydrogen-bond donors (Lipinski definition) is 1. The number of esters is 1. The van der Waals surface area contributed by atoms with Crippen LogP contribution in [-0.4, -0.2) is 39.2 Å². The van der Waals surface area contributed by atoms with Crippen molar-refractivity contribution in [2.24, 2.45) is 0 Å². The topological polar surface area (TPSA) is 92.8 Å². The summed E-state index contributed by atoms with van der Waals surface area (Å²) in [6, 6.07) is 12.4. The van der Waals surface area contributed by atoms with Crippen molar-refractivity contribution in [1.29, 1.82) is 0 Å². The summed E-state index contributed by atoms with van der Waals surface area (Å²) >= 11 is 0. The highest BCUT2D eigenvalue weighted by atomic mass is 32.2. The highest BCUT2D eigenvalue weighted by molar-refractivity contribution is 7.92. The Morgan fingerprint density at radius 1 is 1.03 bits per heavy atom. The molecule has 0 saturated carbocycles. The van der Waals surface area contributed by atoms with E-state index >= 15 is 0 Å². The fraction of sp³-hybridized carbons (Fsp3) is 0.391. The van der Waals surface area contributed by atoms with Gasteiger partial charge in [0.15, 0.2) is 0 Å². The van der Waals surface area contributed by atoms with E-state index in [4.69, 9.17) is 4.74 Å². The molecule has 0 bridgehead atoms. The lowest BCUT2D eigenvalue weighted by Crippen LogP contribution is -2.47. The highest BCUT2D eigenvalue weighted by Crippen LogP contribution is 2.24. The normalized spacial score (nSPS) is 12.1. The number of carbonyl (C=O) groups excluding carboxylic acids is 2. The van der Waals surface area contributed by atoms with Gasteiger partial charge < -0.3 is 10.1 Å². The number of nitrogens with zero attached hydrogens (tertiary/aromatic N) is 1. The molecule has 0 unspecified atom stereocenters. The minimum absolute atomic E-state index is 0.286. The number of hydrogen-bond acceptors (Lipinski definition) is 5. The summed E-state index contributed by atoms with van der Waals surface area (Å²) in [6.07, 6.45) is 3.11. The maximum Gasteiger partial charge on any atom is 0.338 e. The summed E-state index contributed by atoms with van der Waals surface area (Å²) in [5, 5.41) is 2.75. The van der Waals surface area contributed by atoms with Crippen LogP contribution in [0.1, 0.15) is 49.0 Å². The Kier molecular flexibility index (Phi) is 8.62. The molecule has 1 N–H and O–H groups in total. The van der Waals surface area contributed by atoms with Gasteiger partial charge in [0.1, 0.15) is 6.04 Å². The molecule has 7 nitrogen and oxygen atoms in total. The fourth-order valence-corrected chi connectivity index (χ4v) is 4.27. The van der Waals surface area contributed by atoms with Crippen molar-refractivity contribution < 1.29 is 22.7 Å². The van der Waals surface area contributed by atoms with Crippen LogP contribution in [0.3, 0.4) is 0 Å². The number of anilines is 2. The number of amides is 1. The van der Waals surface area contributed by atoms with Crippen molar-refractivity contribution >= 4 is 33.3 Å². The van der Waals surface area contributed by atoms with Gasteiger partial charge in [-0.1, -0.05) is 38.0 Å². The van der Waals surface area contributed by atoms with Crippen molar-refractivity contribution in [3.05, 3.63) is 59.7 Å². The first-order chi connectivity index (χ1) is 14.7. The molecular formula is C23H30N2O5S. The second-order valence-corrected chi connectivity index (χ2v) is 9.23. The number of aryl methyl sites for hydroxylation is 1. The minimum Gasteiger partial charge on any atom is -0.462 e. The lowest BCUT2D eigenvalue weighted by molar-refractivity contribution is -0.117. The third-order valence-corrected chi connectivity index (χ3v) is 5.92. The lowest BCUT2D eigenvalue weighted by Gasteiger charge is -2.30. The average molecular weight is 447 g/mol. The van der Waals surface area contributed by atoms with E-state index in [0.29, 0.717) is 23.5 Å². The largest absolute Gasteiger partial charge is 0.462 e. The van der Waals surface area contributed by atoms with Gasteiger partial charge >= 0.3 is 5.97 Å². The summed E-state index contributed by atoms with van der Waals surface area (Å²) in [6.45, 7) is 6.04. The molecule has 8 heteroatoms. The molecule has 2 aromatic rings. The van der Waals surface area contributed by atoms with Gasteiger partial charge in [0.25, 0.3) is 0 Å². The third-order valence-electron chi connectivity index (χ3n) is 4.74. The molecule has 0 aliphatic heterocycles. The molecule has 0 aliphatic carbocycles. The Bertz CT molecular complexity index is 986. The second kappa shape index (κ2) is 10.9. The predicted molar refractivity (Wildman–Crippen MR) is 123 cm³/mol. The summed E-state index contributed by atoms with van der Waals surface area (Å²) < 4.78 is 31.3. The van der Waals surface area contributed by atoms with E-state index in [1.54, 1.807) is 55.5 Å². The molecule has 1 atom stereocenters. The van der Waals surface area contributed by atoms with Gasteiger partial charge in [-0.05, 0) is 56.2 Å². The summed E-state index contributed by atoms with van der Waals surface area (Å²) in [7, 11) is -3.70. The van der Waals surface area contributed by atoms with Crippen LogP contribution in [0.15, 0.2) is 48.5 Å². The minimum atomic E-state index is -3.70. The van der Waals surface area contributed by atoms with Crippen LogP contribution >= 0.6 is 0 Å². The molecular weight excluding hydrogens is 416 g/mol. The Labute approximate surface area is 184 Å². The van der Waals surface area contributed by atoms with Crippen LogP contribution in [-0.2, 0) is 19.6 Å². The van der Waals surface area contributed by atoms with Crippen molar-refractivity contribution in [2.75, 3.05) is 22.5 Å². The molecule has 0 aliphatic rings. The third kappa shape index (κ3) is 6.82. The standard InChI is InChI=1S/C23H30N2O5S/c1-5-7-16-30-23(27)18-10-12-19(13-11-18)24-22(26)21(6-2)25(31(4,28)29)20-14-8-17(3)9-15-20/h8-15,21H,5-7,16H2,1-4H3,(H,24,26)/t21-/m0/s1. The van der Waals surface area contributed by atoms with E-state index in [1.807, 2.05) is 13.8 Å². The first-order valence-electron chi connectivity index (χ1n) is 10.3. The van der Waals surface area contributed by atoms with Gasteiger partial charge in [-0.15, -0.1) is 0 Å². The van der Waals surface area contributed by atoms with Crippen LogP contribution in [0.5, 0.6) is 0 Å². The summed E-state index contributed by atoms with van der Waals surface area (Å²) in [4.78, 5) is 25.0. The molecule has 0 radical (unpaired) electrons. The number of rotatable bonds is 10.